The highest BCUT2D eigenvalue weighted by Gasteiger charge is 2.15. The zero-order chi connectivity index (χ0) is 20.7. The Balaban J connectivity index is 1.62. The van der Waals surface area contributed by atoms with Gasteiger partial charge in [0.1, 0.15) is 17.7 Å². The van der Waals surface area contributed by atoms with Gasteiger partial charge in [-0.05, 0) is 53.1 Å². The lowest BCUT2D eigenvalue weighted by Crippen LogP contribution is -1.95. The molecule has 0 bridgehead atoms. The number of oxazole rings is 1. The predicted molar refractivity (Wildman–Crippen MR) is 111 cm³/mol. The molecule has 0 fully saturated rings. The quantitative estimate of drug-likeness (QED) is 0.478. The Labute approximate surface area is 171 Å². The Hall–Kier alpha value is -3.84. The summed E-state index contributed by atoms with van der Waals surface area (Å²) in [6.45, 7) is -0.0587. The molecule has 0 radical (unpaired) electrons. The normalized spacial score (nSPS) is 11.3. The van der Waals surface area contributed by atoms with Gasteiger partial charge in [0.15, 0.2) is 11.4 Å². The number of aryl methyl sites for hydroxylation is 1. The summed E-state index contributed by atoms with van der Waals surface area (Å²) in [6.07, 6.45) is 1.58. The number of hydrogen-bond acceptors (Lipinski definition) is 5. The van der Waals surface area contributed by atoms with Crippen molar-refractivity contribution >= 4 is 11.1 Å². The van der Waals surface area contributed by atoms with E-state index in [1.807, 2.05) is 43.4 Å². The Kier molecular flexibility index (Phi) is 4.37. The van der Waals surface area contributed by atoms with Crippen LogP contribution in [0.1, 0.15) is 5.56 Å². The van der Waals surface area contributed by atoms with Crippen LogP contribution in [-0.2, 0) is 13.7 Å². The van der Waals surface area contributed by atoms with Crippen LogP contribution in [0.2, 0.25) is 0 Å². The van der Waals surface area contributed by atoms with E-state index in [-0.39, 0.29) is 12.4 Å². The summed E-state index contributed by atoms with van der Waals surface area (Å²) in [5.41, 5.74) is 5.24. The summed E-state index contributed by atoms with van der Waals surface area (Å²) < 4.78 is 21.7. The zero-order valence-corrected chi connectivity index (χ0v) is 16.1. The maximum atomic E-state index is 14.0. The summed E-state index contributed by atoms with van der Waals surface area (Å²) in [7, 11) is 1.82. The van der Waals surface area contributed by atoms with E-state index in [1.165, 1.54) is 12.1 Å². The lowest BCUT2D eigenvalue weighted by molar-refractivity contribution is 0.282. The first kappa shape index (κ1) is 18.2. The van der Waals surface area contributed by atoms with Crippen molar-refractivity contribution in [2.24, 2.45) is 7.05 Å². The Morgan fingerprint density at radius 2 is 1.87 bits per heavy atom. The van der Waals surface area contributed by atoms with Gasteiger partial charge in [0, 0.05) is 18.2 Å². The first-order valence-corrected chi connectivity index (χ1v) is 9.37. The molecular weight excluding hydrogens is 383 g/mol. The van der Waals surface area contributed by atoms with Crippen molar-refractivity contribution in [2.45, 2.75) is 6.61 Å². The molecule has 0 spiro atoms. The molecule has 30 heavy (non-hydrogen) atoms. The maximum absolute atomic E-state index is 14.0. The van der Waals surface area contributed by atoms with Crippen molar-refractivity contribution in [1.82, 2.24) is 19.7 Å². The molecule has 0 saturated carbocycles. The maximum Gasteiger partial charge on any atom is 0.227 e. The van der Waals surface area contributed by atoms with E-state index < -0.39 is 0 Å². The van der Waals surface area contributed by atoms with Crippen LogP contribution in [0.4, 0.5) is 4.39 Å². The molecular formula is C23H17FN4O2. The van der Waals surface area contributed by atoms with E-state index in [0.29, 0.717) is 28.4 Å². The smallest absolute Gasteiger partial charge is 0.227 e. The molecule has 5 aromatic rings. The Morgan fingerprint density at radius 1 is 1.00 bits per heavy atom. The van der Waals surface area contributed by atoms with E-state index >= 15 is 0 Å². The highest BCUT2D eigenvalue weighted by atomic mass is 19.1. The number of rotatable bonds is 4. The van der Waals surface area contributed by atoms with Crippen LogP contribution in [-0.4, -0.2) is 24.9 Å². The van der Waals surface area contributed by atoms with Crippen molar-refractivity contribution in [3.05, 3.63) is 78.4 Å². The van der Waals surface area contributed by atoms with Gasteiger partial charge < -0.3 is 14.1 Å². The van der Waals surface area contributed by atoms with Crippen molar-refractivity contribution in [3.63, 3.8) is 0 Å². The van der Waals surface area contributed by atoms with Crippen LogP contribution in [0, 0.1) is 5.82 Å². The number of fused-ring (bicyclic) bond motifs is 1. The first-order chi connectivity index (χ1) is 14.6. The number of aliphatic hydroxyl groups is 1. The molecule has 7 heteroatoms. The summed E-state index contributed by atoms with van der Waals surface area (Å²) in [4.78, 5) is 4.56. The van der Waals surface area contributed by atoms with Gasteiger partial charge in [-0.15, -0.1) is 10.2 Å². The van der Waals surface area contributed by atoms with Crippen molar-refractivity contribution < 1.29 is 13.9 Å². The molecule has 0 amide bonds. The molecule has 0 saturated heterocycles. The fourth-order valence-electron chi connectivity index (χ4n) is 3.49. The van der Waals surface area contributed by atoms with Gasteiger partial charge >= 0.3 is 0 Å². The average molecular weight is 400 g/mol. The van der Waals surface area contributed by atoms with E-state index in [9.17, 15) is 9.50 Å². The van der Waals surface area contributed by atoms with Gasteiger partial charge in [0.25, 0.3) is 0 Å². The molecule has 0 unspecified atom stereocenters. The average Bonchev–Trinajstić information content (AvgIpc) is 3.39. The molecule has 5 rings (SSSR count). The van der Waals surface area contributed by atoms with Gasteiger partial charge in [0.05, 0.1) is 6.61 Å². The molecule has 0 atom stereocenters. The monoisotopic (exact) mass is 400 g/mol. The number of aromatic nitrogens is 4. The largest absolute Gasteiger partial charge is 0.436 e. The van der Waals surface area contributed by atoms with E-state index in [1.54, 1.807) is 23.0 Å². The summed E-state index contributed by atoms with van der Waals surface area (Å²) in [5.74, 6) is 0.712. The molecule has 2 heterocycles. The molecule has 2 aromatic heterocycles. The Morgan fingerprint density at radius 3 is 2.67 bits per heavy atom. The predicted octanol–water partition coefficient (Wildman–Crippen LogP) is 4.59. The minimum Gasteiger partial charge on any atom is -0.436 e. The SMILES string of the molecule is Cn1cnnc1-c1cc(F)ccc1-c1cccc(-c2nc3ccc(CO)cc3o2)c1. The summed E-state index contributed by atoms with van der Waals surface area (Å²) in [6, 6.07) is 17.8. The van der Waals surface area contributed by atoms with Gasteiger partial charge in [-0.2, -0.15) is 0 Å². The fraction of sp³-hybridized carbons (Fsp3) is 0.0870. The minimum atomic E-state index is -0.341. The van der Waals surface area contributed by atoms with E-state index in [4.69, 9.17) is 4.42 Å². The molecule has 3 aromatic carbocycles. The third-order valence-corrected chi connectivity index (χ3v) is 4.99. The lowest BCUT2D eigenvalue weighted by Gasteiger charge is -2.10. The number of hydrogen-bond donors (Lipinski definition) is 1. The molecule has 1 N–H and O–H groups in total. The molecule has 0 aliphatic rings. The van der Waals surface area contributed by atoms with E-state index in [0.717, 1.165) is 22.3 Å². The van der Waals surface area contributed by atoms with Crippen molar-refractivity contribution in [1.29, 1.82) is 0 Å². The lowest BCUT2D eigenvalue weighted by atomic mass is 9.97. The summed E-state index contributed by atoms with van der Waals surface area (Å²) in [5, 5.41) is 17.4. The van der Waals surface area contributed by atoms with Crippen LogP contribution in [0.5, 0.6) is 0 Å². The van der Waals surface area contributed by atoms with Gasteiger partial charge in [0.2, 0.25) is 5.89 Å². The standard InChI is InChI=1S/C23H17FN4O2/c1-28-13-25-27-22(28)19-11-17(24)6-7-18(19)15-3-2-4-16(10-15)23-26-20-8-5-14(12-29)9-21(20)30-23/h2-11,13,29H,12H2,1H3. The van der Waals surface area contributed by atoms with Crippen LogP contribution >= 0.6 is 0 Å². The fourth-order valence-corrected chi connectivity index (χ4v) is 3.49. The molecule has 148 valence electrons. The molecule has 0 aliphatic heterocycles. The molecule has 6 nitrogen and oxygen atoms in total. The van der Waals surface area contributed by atoms with E-state index in [2.05, 4.69) is 15.2 Å². The van der Waals surface area contributed by atoms with Gasteiger partial charge in [-0.25, -0.2) is 9.37 Å². The van der Waals surface area contributed by atoms with Gasteiger partial charge in [-0.1, -0.05) is 24.3 Å². The minimum absolute atomic E-state index is 0.0587. The second-order valence-electron chi connectivity index (χ2n) is 7.02. The number of halogens is 1. The highest BCUT2D eigenvalue weighted by Crippen LogP contribution is 2.34. The van der Waals surface area contributed by atoms with Crippen molar-refractivity contribution in [2.75, 3.05) is 0 Å². The third kappa shape index (κ3) is 3.15. The topological polar surface area (TPSA) is 77.0 Å². The van der Waals surface area contributed by atoms with Crippen LogP contribution in [0.3, 0.4) is 0 Å². The highest BCUT2D eigenvalue weighted by molar-refractivity contribution is 5.83. The third-order valence-electron chi connectivity index (χ3n) is 4.99. The van der Waals surface area contributed by atoms with Crippen LogP contribution in [0.15, 0.2) is 71.4 Å². The second-order valence-corrected chi connectivity index (χ2v) is 7.02. The van der Waals surface area contributed by atoms with Crippen LogP contribution in [0.25, 0.3) is 45.1 Å². The second kappa shape index (κ2) is 7.20. The number of aliphatic hydroxyl groups excluding tert-OH is 1. The first-order valence-electron chi connectivity index (χ1n) is 9.37. The zero-order valence-electron chi connectivity index (χ0n) is 16.1. The van der Waals surface area contributed by atoms with Gasteiger partial charge in [-0.3, -0.25) is 0 Å². The number of nitrogens with zero attached hydrogens (tertiary/aromatic N) is 4. The van der Waals surface area contributed by atoms with Crippen molar-refractivity contribution in [3.8, 4) is 34.0 Å². The summed E-state index contributed by atoms with van der Waals surface area (Å²) >= 11 is 0. The van der Waals surface area contributed by atoms with Crippen LogP contribution < -0.4 is 0 Å². The molecule has 0 aliphatic carbocycles. The Bertz CT molecular complexity index is 1370. The number of benzene rings is 3.